The van der Waals surface area contributed by atoms with Gasteiger partial charge in [0.15, 0.2) is 0 Å². The van der Waals surface area contributed by atoms with Gasteiger partial charge in [0, 0.05) is 33.4 Å². The Morgan fingerprint density at radius 3 is 2.75 bits per heavy atom. The standard InChI is InChI=1S/C21H16ClN3O3/c1-28-20(26)13-25-12-15(18-7-2-3-8-19(18)25)9-14(11-23)21(27)24-17-6-4-5-16(22)10-17/h2-10,12H,13H2,1H3,(H,24,27)/b14-9-. The van der Waals surface area contributed by atoms with Crippen LogP contribution in [-0.2, 0) is 20.9 Å². The van der Waals surface area contributed by atoms with Gasteiger partial charge in [-0.1, -0.05) is 35.9 Å². The van der Waals surface area contributed by atoms with Crippen molar-refractivity contribution in [2.24, 2.45) is 0 Å². The Morgan fingerprint density at radius 2 is 2.04 bits per heavy atom. The zero-order valence-electron chi connectivity index (χ0n) is 15.0. The first kappa shape index (κ1) is 19.2. The van der Waals surface area contributed by atoms with E-state index < -0.39 is 11.9 Å². The number of fused-ring (bicyclic) bond motifs is 1. The third-order valence-corrected chi connectivity index (χ3v) is 4.33. The van der Waals surface area contributed by atoms with Gasteiger partial charge < -0.3 is 14.6 Å². The summed E-state index contributed by atoms with van der Waals surface area (Å²) in [7, 11) is 1.32. The maximum absolute atomic E-state index is 12.5. The summed E-state index contributed by atoms with van der Waals surface area (Å²) in [5, 5.41) is 13.4. The molecule has 0 aliphatic rings. The molecule has 1 N–H and O–H groups in total. The van der Waals surface area contributed by atoms with Gasteiger partial charge in [-0.25, -0.2) is 0 Å². The molecule has 0 spiro atoms. The Labute approximate surface area is 166 Å². The van der Waals surface area contributed by atoms with Gasteiger partial charge in [-0.3, -0.25) is 9.59 Å². The fraction of sp³-hybridized carbons (Fsp3) is 0.0952. The van der Waals surface area contributed by atoms with Crippen molar-refractivity contribution in [3.63, 3.8) is 0 Å². The highest BCUT2D eigenvalue weighted by Crippen LogP contribution is 2.24. The number of esters is 1. The lowest BCUT2D eigenvalue weighted by molar-refractivity contribution is -0.141. The van der Waals surface area contributed by atoms with Crippen molar-refractivity contribution in [1.82, 2.24) is 4.57 Å². The summed E-state index contributed by atoms with van der Waals surface area (Å²) in [6, 6.07) is 16.0. The van der Waals surface area contributed by atoms with E-state index in [2.05, 4.69) is 5.32 Å². The molecule has 0 aliphatic carbocycles. The SMILES string of the molecule is COC(=O)Cn1cc(/C=C(/C#N)C(=O)Nc2cccc(Cl)c2)c2ccccc21. The molecule has 7 heteroatoms. The number of nitriles is 1. The average molecular weight is 394 g/mol. The Kier molecular flexibility index (Phi) is 5.78. The van der Waals surface area contributed by atoms with Gasteiger partial charge in [0.25, 0.3) is 5.91 Å². The molecule has 3 aromatic rings. The van der Waals surface area contributed by atoms with E-state index >= 15 is 0 Å². The van der Waals surface area contributed by atoms with Crippen molar-refractivity contribution in [1.29, 1.82) is 5.26 Å². The van der Waals surface area contributed by atoms with Crippen molar-refractivity contribution >= 4 is 46.1 Å². The number of nitrogens with one attached hydrogen (secondary N) is 1. The monoisotopic (exact) mass is 393 g/mol. The summed E-state index contributed by atoms with van der Waals surface area (Å²) in [5.74, 6) is -0.940. The van der Waals surface area contributed by atoms with Crippen LogP contribution >= 0.6 is 11.6 Å². The Bertz CT molecular complexity index is 1130. The van der Waals surface area contributed by atoms with E-state index in [1.165, 1.54) is 13.2 Å². The Morgan fingerprint density at radius 1 is 1.25 bits per heavy atom. The molecule has 0 radical (unpaired) electrons. The van der Waals surface area contributed by atoms with Crippen LogP contribution in [0.1, 0.15) is 5.56 Å². The fourth-order valence-corrected chi connectivity index (χ4v) is 2.98. The number of nitrogens with zero attached hydrogens (tertiary/aromatic N) is 2. The lowest BCUT2D eigenvalue weighted by atomic mass is 10.1. The number of hydrogen-bond acceptors (Lipinski definition) is 4. The highest BCUT2D eigenvalue weighted by molar-refractivity contribution is 6.31. The van der Waals surface area contributed by atoms with Crippen molar-refractivity contribution in [2.45, 2.75) is 6.54 Å². The molecule has 1 aromatic heterocycles. The molecule has 28 heavy (non-hydrogen) atoms. The number of para-hydroxylation sites is 1. The van der Waals surface area contributed by atoms with Gasteiger partial charge >= 0.3 is 5.97 Å². The first-order chi connectivity index (χ1) is 13.5. The summed E-state index contributed by atoms with van der Waals surface area (Å²) < 4.78 is 6.45. The van der Waals surface area contributed by atoms with Crippen molar-refractivity contribution in [2.75, 3.05) is 12.4 Å². The number of aromatic nitrogens is 1. The molecule has 0 bridgehead atoms. The number of anilines is 1. The minimum atomic E-state index is -0.547. The van der Waals surface area contributed by atoms with Crippen LogP contribution in [-0.4, -0.2) is 23.6 Å². The largest absolute Gasteiger partial charge is 0.468 e. The van der Waals surface area contributed by atoms with E-state index in [1.54, 1.807) is 35.0 Å². The summed E-state index contributed by atoms with van der Waals surface area (Å²) in [6.07, 6.45) is 3.21. The maximum atomic E-state index is 12.5. The second-order valence-electron chi connectivity index (χ2n) is 5.94. The first-order valence-electron chi connectivity index (χ1n) is 8.35. The third kappa shape index (κ3) is 4.22. The lowest BCUT2D eigenvalue weighted by Crippen LogP contribution is -2.13. The summed E-state index contributed by atoms with van der Waals surface area (Å²) in [4.78, 5) is 24.2. The fourth-order valence-electron chi connectivity index (χ4n) is 2.79. The molecular weight excluding hydrogens is 378 g/mol. The smallest absolute Gasteiger partial charge is 0.325 e. The second kappa shape index (κ2) is 8.42. The quantitative estimate of drug-likeness (QED) is 0.403. The molecule has 6 nitrogen and oxygen atoms in total. The topological polar surface area (TPSA) is 84.1 Å². The van der Waals surface area contributed by atoms with E-state index in [0.717, 1.165) is 10.9 Å². The molecule has 0 saturated carbocycles. The predicted molar refractivity (Wildman–Crippen MR) is 108 cm³/mol. The van der Waals surface area contributed by atoms with Gasteiger partial charge in [-0.15, -0.1) is 0 Å². The van der Waals surface area contributed by atoms with E-state index in [0.29, 0.717) is 16.3 Å². The van der Waals surface area contributed by atoms with Crippen LogP contribution in [0.5, 0.6) is 0 Å². The van der Waals surface area contributed by atoms with Gasteiger partial charge in [0.05, 0.1) is 7.11 Å². The number of hydrogen-bond donors (Lipinski definition) is 1. The zero-order valence-corrected chi connectivity index (χ0v) is 15.7. The highest BCUT2D eigenvalue weighted by atomic mass is 35.5. The van der Waals surface area contributed by atoms with Crippen LogP contribution < -0.4 is 5.32 Å². The molecule has 0 saturated heterocycles. The molecule has 0 atom stereocenters. The summed E-state index contributed by atoms with van der Waals surface area (Å²) in [5.41, 5.74) is 1.87. The van der Waals surface area contributed by atoms with Crippen LogP contribution in [0.15, 0.2) is 60.3 Å². The number of benzene rings is 2. The van der Waals surface area contributed by atoms with E-state index in [9.17, 15) is 14.9 Å². The number of rotatable bonds is 5. The van der Waals surface area contributed by atoms with Gasteiger partial charge in [-0.2, -0.15) is 5.26 Å². The normalized spacial score (nSPS) is 11.1. The number of ether oxygens (including phenoxy) is 1. The molecule has 3 rings (SSSR count). The summed E-state index contributed by atoms with van der Waals surface area (Å²) >= 11 is 5.92. The zero-order chi connectivity index (χ0) is 20.1. The van der Waals surface area contributed by atoms with Gasteiger partial charge in [0.2, 0.25) is 0 Å². The lowest BCUT2D eigenvalue weighted by Gasteiger charge is -2.04. The highest BCUT2D eigenvalue weighted by Gasteiger charge is 2.14. The van der Waals surface area contributed by atoms with Crippen LogP contribution in [0.2, 0.25) is 5.02 Å². The van der Waals surface area contributed by atoms with Crippen LogP contribution in [0.3, 0.4) is 0 Å². The maximum Gasteiger partial charge on any atom is 0.325 e. The average Bonchev–Trinajstić information content (AvgIpc) is 3.03. The molecule has 0 aliphatic heterocycles. The number of carbonyl (C=O) groups excluding carboxylic acids is 2. The van der Waals surface area contributed by atoms with E-state index in [1.807, 2.05) is 30.3 Å². The molecule has 140 valence electrons. The molecule has 2 aromatic carbocycles. The van der Waals surface area contributed by atoms with Gasteiger partial charge in [0.1, 0.15) is 18.2 Å². The second-order valence-corrected chi connectivity index (χ2v) is 6.38. The first-order valence-corrected chi connectivity index (χ1v) is 8.73. The van der Waals surface area contributed by atoms with E-state index in [-0.39, 0.29) is 12.1 Å². The minimum Gasteiger partial charge on any atom is -0.468 e. The van der Waals surface area contributed by atoms with Crippen LogP contribution in [0.25, 0.3) is 17.0 Å². The number of methoxy groups -OCH3 is 1. The number of carbonyl (C=O) groups is 2. The molecular formula is C21H16ClN3O3. The predicted octanol–water partition coefficient (Wildman–Crippen LogP) is 4.01. The van der Waals surface area contributed by atoms with Crippen LogP contribution in [0.4, 0.5) is 5.69 Å². The van der Waals surface area contributed by atoms with Crippen molar-refractivity contribution in [3.05, 3.63) is 70.9 Å². The van der Waals surface area contributed by atoms with Gasteiger partial charge in [-0.05, 0) is 30.3 Å². The van der Waals surface area contributed by atoms with E-state index in [4.69, 9.17) is 16.3 Å². The minimum absolute atomic E-state index is 0.0292. The molecule has 0 fully saturated rings. The Balaban J connectivity index is 1.96. The van der Waals surface area contributed by atoms with Crippen LogP contribution in [0, 0.1) is 11.3 Å². The summed E-state index contributed by atoms with van der Waals surface area (Å²) in [6.45, 7) is 0.0292. The van der Waals surface area contributed by atoms with Crippen molar-refractivity contribution < 1.29 is 14.3 Å². The molecule has 1 heterocycles. The van der Waals surface area contributed by atoms with Crippen molar-refractivity contribution in [3.8, 4) is 6.07 Å². The molecule has 1 amide bonds. The molecule has 0 unspecified atom stereocenters. The number of halogens is 1. The number of amides is 1. The third-order valence-electron chi connectivity index (χ3n) is 4.09. The Hall–Kier alpha value is -3.56.